The molecule has 0 aliphatic heterocycles. The van der Waals surface area contributed by atoms with Gasteiger partial charge in [-0.25, -0.2) is 4.99 Å². The minimum atomic E-state index is 0.412. The summed E-state index contributed by atoms with van der Waals surface area (Å²) in [6.07, 6.45) is 0. The number of ether oxygens (including phenoxy) is 1. The van der Waals surface area contributed by atoms with Gasteiger partial charge in [-0.15, -0.1) is 0 Å². The fourth-order valence-corrected chi connectivity index (χ4v) is 2.50. The van der Waals surface area contributed by atoms with Gasteiger partial charge in [0.05, 0.1) is 12.8 Å². The largest absolute Gasteiger partial charge is 0.497 e. The molecular formula is C21H18N2O2. The first-order chi connectivity index (χ1) is 12.3. The molecule has 0 saturated heterocycles. The highest BCUT2D eigenvalue weighted by Crippen LogP contribution is 2.22. The summed E-state index contributed by atoms with van der Waals surface area (Å²) in [5.74, 6) is 0.718. The summed E-state index contributed by atoms with van der Waals surface area (Å²) in [6.45, 7) is 0. The van der Waals surface area contributed by atoms with Crippen molar-refractivity contribution in [3.63, 3.8) is 0 Å². The first-order valence-electron chi connectivity index (χ1n) is 7.88. The maximum atomic E-state index is 9.67. The van der Waals surface area contributed by atoms with Crippen LogP contribution in [0.15, 0.2) is 95.1 Å². The van der Waals surface area contributed by atoms with Crippen molar-refractivity contribution in [1.29, 1.82) is 0 Å². The second-order valence-electron chi connectivity index (χ2n) is 5.34. The van der Waals surface area contributed by atoms with E-state index in [4.69, 9.17) is 9.73 Å². The number of aliphatic imine (C=N–C) groups is 1. The van der Waals surface area contributed by atoms with Crippen LogP contribution in [-0.4, -0.2) is 23.7 Å². The molecule has 4 heteroatoms. The monoisotopic (exact) mass is 330 g/mol. The lowest BCUT2D eigenvalue weighted by molar-refractivity contribution is 0.320. The predicted molar refractivity (Wildman–Crippen MR) is 100 cm³/mol. The molecule has 124 valence electrons. The Morgan fingerprint density at radius 2 is 1.36 bits per heavy atom. The molecule has 0 bridgehead atoms. The van der Waals surface area contributed by atoms with Gasteiger partial charge >= 0.3 is 0 Å². The molecule has 0 spiro atoms. The maximum Gasteiger partial charge on any atom is 0.136 e. The van der Waals surface area contributed by atoms with Crippen molar-refractivity contribution < 1.29 is 9.94 Å². The molecule has 3 aromatic rings. The molecule has 0 saturated carbocycles. The van der Waals surface area contributed by atoms with Crippen LogP contribution in [0.1, 0.15) is 11.1 Å². The topological polar surface area (TPSA) is 54.2 Å². The van der Waals surface area contributed by atoms with Crippen molar-refractivity contribution >= 4 is 17.1 Å². The van der Waals surface area contributed by atoms with Gasteiger partial charge in [0, 0.05) is 17.2 Å². The molecule has 0 atom stereocenters. The zero-order valence-corrected chi connectivity index (χ0v) is 13.8. The van der Waals surface area contributed by atoms with Crippen LogP contribution in [0, 0.1) is 0 Å². The summed E-state index contributed by atoms with van der Waals surface area (Å²) in [6, 6.07) is 26.6. The van der Waals surface area contributed by atoms with Gasteiger partial charge in [0.2, 0.25) is 0 Å². The van der Waals surface area contributed by atoms with E-state index >= 15 is 0 Å². The molecule has 0 radical (unpaired) electrons. The van der Waals surface area contributed by atoms with E-state index in [-0.39, 0.29) is 0 Å². The van der Waals surface area contributed by atoms with E-state index in [2.05, 4.69) is 5.16 Å². The Hall–Kier alpha value is -3.40. The van der Waals surface area contributed by atoms with E-state index in [1.165, 1.54) is 0 Å². The van der Waals surface area contributed by atoms with Crippen LogP contribution < -0.4 is 4.74 Å². The van der Waals surface area contributed by atoms with Gasteiger partial charge in [0.1, 0.15) is 17.2 Å². The van der Waals surface area contributed by atoms with E-state index < -0.39 is 0 Å². The van der Waals surface area contributed by atoms with Gasteiger partial charge in [-0.3, -0.25) is 0 Å². The average molecular weight is 330 g/mol. The van der Waals surface area contributed by atoms with Crippen molar-refractivity contribution in [2.24, 2.45) is 10.1 Å². The van der Waals surface area contributed by atoms with E-state index in [0.717, 1.165) is 22.6 Å². The average Bonchev–Trinajstić information content (AvgIpc) is 2.69. The Morgan fingerprint density at radius 3 is 1.92 bits per heavy atom. The molecule has 3 aromatic carbocycles. The Balaban J connectivity index is 2.14. The quantitative estimate of drug-likeness (QED) is 0.419. The van der Waals surface area contributed by atoms with Crippen molar-refractivity contribution in [1.82, 2.24) is 0 Å². The van der Waals surface area contributed by atoms with E-state index in [0.29, 0.717) is 11.4 Å². The molecule has 3 rings (SSSR count). The molecule has 0 aliphatic carbocycles. The molecule has 0 fully saturated rings. The van der Waals surface area contributed by atoms with Crippen LogP contribution in [0.3, 0.4) is 0 Å². The van der Waals surface area contributed by atoms with Gasteiger partial charge in [-0.2, -0.15) is 0 Å². The Morgan fingerprint density at radius 1 is 0.760 bits per heavy atom. The first-order valence-corrected chi connectivity index (χ1v) is 7.88. The van der Waals surface area contributed by atoms with Crippen LogP contribution in [0.25, 0.3) is 0 Å². The van der Waals surface area contributed by atoms with Crippen LogP contribution >= 0.6 is 0 Å². The minimum absolute atomic E-state index is 0.412. The summed E-state index contributed by atoms with van der Waals surface area (Å²) < 4.78 is 5.26. The van der Waals surface area contributed by atoms with Crippen LogP contribution in [0.4, 0.5) is 5.69 Å². The van der Waals surface area contributed by atoms with Crippen LogP contribution in [0.5, 0.6) is 5.75 Å². The second-order valence-corrected chi connectivity index (χ2v) is 5.34. The zero-order valence-electron chi connectivity index (χ0n) is 13.8. The van der Waals surface area contributed by atoms with Crippen molar-refractivity contribution in [3.8, 4) is 5.75 Å². The molecule has 0 aliphatic rings. The molecule has 25 heavy (non-hydrogen) atoms. The van der Waals surface area contributed by atoms with E-state index in [9.17, 15) is 5.21 Å². The third kappa shape index (κ3) is 3.93. The molecule has 0 amide bonds. The van der Waals surface area contributed by atoms with Gasteiger partial charge < -0.3 is 9.94 Å². The van der Waals surface area contributed by atoms with Crippen LogP contribution in [-0.2, 0) is 0 Å². The normalized spacial score (nSPS) is 12.0. The maximum absolute atomic E-state index is 9.67. The van der Waals surface area contributed by atoms with Crippen molar-refractivity contribution in [2.75, 3.05) is 7.11 Å². The molecule has 1 N–H and O–H groups in total. The number of hydrogen-bond acceptors (Lipinski definition) is 4. The molecule has 0 unspecified atom stereocenters. The summed E-state index contributed by atoms with van der Waals surface area (Å²) in [5, 5.41) is 13.2. The molecule has 0 aromatic heterocycles. The van der Waals surface area contributed by atoms with E-state index in [1.54, 1.807) is 7.11 Å². The van der Waals surface area contributed by atoms with Gasteiger partial charge in [-0.05, 0) is 12.1 Å². The number of benzene rings is 3. The number of methoxy groups -OCH3 is 1. The summed E-state index contributed by atoms with van der Waals surface area (Å²) in [4.78, 5) is 4.73. The lowest BCUT2D eigenvalue weighted by Crippen LogP contribution is -2.17. The zero-order chi connectivity index (χ0) is 17.5. The minimum Gasteiger partial charge on any atom is -0.497 e. The Kier molecular flexibility index (Phi) is 5.22. The summed E-state index contributed by atoms with van der Waals surface area (Å²) >= 11 is 0. The summed E-state index contributed by atoms with van der Waals surface area (Å²) in [5.41, 5.74) is 3.37. The molecular weight excluding hydrogens is 312 g/mol. The third-order valence-electron chi connectivity index (χ3n) is 3.71. The standard InChI is InChI=1S/C21H18N2O2/c1-25-19-14-8-13-18(15-19)22-20(16-9-4-2-5-10-16)21(23-24)17-11-6-3-7-12-17/h2-15,24H,1H3/b22-20?,23-21-. The number of nitrogens with zero attached hydrogens (tertiary/aromatic N) is 2. The number of hydrogen-bond donors (Lipinski definition) is 1. The SMILES string of the molecule is COc1cccc(N=C(/C(=N\O)c2ccccc2)c2ccccc2)c1. The first kappa shape index (κ1) is 16.5. The fourth-order valence-electron chi connectivity index (χ4n) is 2.50. The Bertz CT molecular complexity index is 888. The predicted octanol–water partition coefficient (Wildman–Crippen LogP) is 4.69. The van der Waals surface area contributed by atoms with Crippen molar-refractivity contribution in [3.05, 3.63) is 96.1 Å². The highest BCUT2D eigenvalue weighted by atomic mass is 16.5. The lowest BCUT2D eigenvalue weighted by Gasteiger charge is -2.10. The Labute approximate surface area is 146 Å². The smallest absolute Gasteiger partial charge is 0.136 e. The number of rotatable bonds is 5. The van der Waals surface area contributed by atoms with Gasteiger partial charge in [0.25, 0.3) is 0 Å². The second kappa shape index (κ2) is 7.93. The summed E-state index contributed by atoms with van der Waals surface area (Å²) in [7, 11) is 1.62. The van der Waals surface area contributed by atoms with Crippen LogP contribution in [0.2, 0.25) is 0 Å². The van der Waals surface area contributed by atoms with Gasteiger partial charge in [-0.1, -0.05) is 71.9 Å². The number of oxime groups is 1. The third-order valence-corrected chi connectivity index (χ3v) is 3.71. The van der Waals surface area contributed by atoms with Gasteiger partial charge in [0.15, 0.2) is 0 Å². The lowest BCUT2D eigenvalue weighted by atomic mass is 9.99. The van der Waals surface area contributed by atoms with E-state index in [1.807, 2.05) is 84.9 Å². The molecule has 0 heterocycles. The highest BCUT2D eigenvalue weighted by molar-refractivity contribution is 6.53. The van der Waals surface area contributed by atoms with Crippen molar-refractivity contribution in [2.45, 2.75) is 0 Å². The molecule has 4 nitrogen and oxygen atoms in total. The fraction of sp³-hybridized carbons (Fsp3) is 0.0476. The highest BCUT2D eigenvalue weighted by Gasteiger charge is 2.15.